The molecule has 0 saturated carbocycles. The van der Waals surface area contributed by atoms with Crippen molar-refractivity contribution in [3.63, 3.8) is 0 Å². The summed E-state index contributed by atoms with van der Waals surface area (Å²) >= 11 is 10.5. The average Bonchev–Trinajstić information content (AvgIpc) is 2.10. The summed E-state index contributed by atoms with van der Waals surface area (Å²) < 4.78 is 12.5. The van der Waals surface area contributed by atoms with E-state index in [9.17, 15) is 4.39 Å². The van der Waals surface area contributed by atoms with Crippen molar-refractivity contribution >= 4 is 23.2 Å². The molecule has 0 aliphatic rings. The number of hydrogen-bond acceptors (Lipinski definition) is 0. The van der Waals surface area contributed by atoms with Gasteiger partial charge in [0.2, 0.25) is 0 Å². The zero-order valence-corrected chi connectivity index (χ0v) is 9.60. The first-order valence-electron chi connectivity index (χ1n) is 4.88. The van der Waals surface area contributed by atoms with Crippen LogP contribution < -0.4 is 0 Å². The van der Waals surface area contributed by atoms with E-state index in [0.717, 1.165) is 12.8 Å². The van der Waals surface area contributed by atoms with Crippen LogP contribution in [-0.4, -0.2) is 0 Å². The van der Waals surface area contributed by atoms with Gasteiger partial charge in [0.25, 0.3) is 0 Å². The van der Waals surface area contributed by atoms with Gasteiger partial charge in [-0.1, -0.05) is 62.2 Å². The van der Waals surface area contributed by atoms with Crippen LogP contribution in [-0.2, 0) is 0 Å². The first-order chi connectivity index (χ1) is 6.18. The molecule has 0 atom stereocenters. The molecule has 0 radical (unpaired) electrons. The van der Waals surface area contributed by atoms with Gasteiger partial charge in [0.05, 0.1) is 0 Å². The second kappa shape index (κ2) is 8.83. The zero-order valence-electron chi connectivity index (χ0n) is 8.08. The summed E-state index contributed by atoms with van der Waals surface area (Å²) in [4.78, 5) is 0. The van der Waals surface area contributed by atoms with Crippen molar-refractivity contribution in [3.05, 3.63) is 10.3 Å². The molecule has 0 amide bonds. The van der Waals surface area contributed by atoms with Gasteiger partial charge < -0.3 is 0 Å². The molecular formula is C10H17Cl2F. The lowest BCUT2D eigenvalue weighted by molar-refractivity contribution is 0.542. The SMILES string of the molecule is CCCCCCCCC(F)=C(Cl)Cl. The van der Waals surface area contributed by atoms with E-state index < -0.39 is 0 Å². The fourth-order valence-corrected chi connectivity index (χ4v) is 1.34. The van der Waals surface area contributed by atoms with Gasteiger partial charge in [0, 0.05) is 6.42 Å². The lowest BCUT2D eigenvalue weighted by Gasteiger charge is -1.99. The van der Waals surface area contributed by atoms with E-state index in [1.165, 1.54) is 25.7 Å². The highest BCUT2D eigenvalue weighted by molar-refractivity contribution is 6.56. The van der Waals surface area contributed by atoms with Crippen molar-refractivity contribution in [2.24, 2.45) is 0 Å². The van der Waals surface area contributed by atoms with Crippen molar-refractivity contribution < 1.29 is 4.39 Å². The monoisotopic (exact) mass is 226 g/mol. The van der Waals surface area contributed by atoms with Gasteiger partial charge in [-0.3, -0.25) is 0 Å². The Kier molecular flexibility index (Phi) is 9.00. The zero-order chi connectivity index (χ0) is 10.1. The van der Waals surface area contributed by atoms with Gasteiger partial charge in [0.15, 0.2) is 0 Å². The summed E-state index contributed by atoms with van der Waals surface area (Å²) in [5, 5.41) is 0. The maximum Gasteiger partial charge on any atom is 0.138 e. The van der Waals surface area contributed by atoms with E-state index in [0.29, 0.717) is 6.42 Å². The molecule has 0 spiro atoms. The molecule has 0 aromatic carbocycles. The van der Waals surface area contributed by atoms with Crippen LogP contribution in [0.4, 0.5) is 4.39 Å². The summed E-state index contributed by atoms with van der Waals surface area (Å²) in [5.41, 5.74) is 0. The van der Waals surface area contributed by atoms with Gasteiger partial charge in [-0.25, -0.2) is 4.39 Å². The van der Waals surface area contributed by atoms with Crippen molar-refractivity contribution in [1.82, 2.24) is 0 Å². The highest BCUT2D eigenvalue weighted by atomic mass is 35.5. The van der Waals surface area contributed by atoms with Crippen LogP contribution in [0.2, 0.25) is 0 Å². The number of hydrogen-bond donors (Lipinski definition) is 0. The molecule has 0 aromatic heterocycles. The number of rotatable bonds is 7. The molecule has 0 rings (SSSR count). The Morgan fingerprint density at radius 3 is 2.08 bits per heavy atom. The third-order valence-electron chi connectivity index (χ3n) is 1.95. The molecule has 0 unspecified atom stereocenters. The molecule has 0 fully saturated rings. The molecule has 0 aromatic rings. The molecule has 0 saturated heterocycles. The maximum atomic E-state index is 12.7. The highest BCUT2D eigenvalue weighted by Crippen LogP contribution is 2.21. The van der Waals surface area contributed by atoms with E-state index in [4.69, 9.17) is 23.2 Å². The second-order valence-electron chi connectivity index (χ2n) is 3.18. The molecule has 78 valence electrons. The summed E-state index contributed by atoms with van der Waals surface area (Å²) in [5.74, 6) is -0.376. The normalized spacial score (nSPS) is 10.2. The van der Waals surface area contributed by atoms with Crippen LogP contribution in [0.15, 0.2) is 10.3 Å². The molecule has 0 bridgehead atoms. The van der Waals surface area contributed by atoms with E-state index in [1.807, 2.05) is 0 Å². The second-order valence-corrected chi connectivity index (χ2v) is 4.13. The summed E-state index contributed by atoms with van der Waals surface area (Å²) in [6.07, 6.45) is 7.23. The maximum absolute atomic E-state index is 12.7. The van der Waals surface area contributed by atoms with Gasteiger partial charge >= 0.3 is 0 Å². The smallest absolute Gasteiger partial charge is 0.138 e. The molecule has 0 N–H and O–H groups in total. The van der Waals surface area contributed by atoms with E-state index in [1.54, 1.807) is 0 Å². The van der Waals surface area contributed by atoms with Gasteiger partial charge in [-0.15, -0.1) is 0 Å². The Morgan fingerprint density at radius 2 is 1.54 bits per heavy atom. The topological polar surface area (TPSA) is 0 Å². The van der Waals surface area contributed by atoms with Crippen molar-refractivity contribution in [2.45, 2.75) is 51.9 Å². The predicted octanol–water partition coefficient (Wildman–Crippen LogP) is 5.35. The Bertz CT molecular complexity index is 151. The lowest BCUT2D eigenvalue weighted by Crippen LogP contribution is -1.80. The molecule has 13 heavy (non-hydrogen) atoms. The standard InChI is InChI=1S/C10H17Cl2F/c1-2-3-4-5-6-7-8-9(13)10(11)12/h2-8H2,1H3. The Morgan fingerprint density at radius 1 is 1.00 bits per heavy atom. The third kappa shape index (κ3) is 8.58. The predicted molar refractivity (Wildman–Crippen MR) is 57.8 cm³/mol. The van der Waals surface area contributed by atoms with E-state index >= 15 is 0 Å². The summed E-state index contributed by atoms with van der Waals surface area (Å²) in [7, 11) is 0. The van der Waals surface area contributed by atoms with Crippen LogP contribution in [0.3, 0.4) is 0 Å². The molecule has 0 nitrogen and oxygen atoms in total. The quantitative estimate of drug-likeness (QED) is 0.514. The Labute approximate surface area is 90.1 Å². The summed E-state index contributed by atoms with van der Waals surface area (Å²) in [6.45, 7) is 2.18. The first-order valence-corrected chi connectivity index (χ1v) is 5.63. The molecule has 0 heterocycles. The van der Waals surface area contributed by atoms with Crippen molar-refractivity contribution in [3.8, 4) is 0 Å². The minimum Gasteiger partial charge on any atom is -0.209 e. The van der Waals surface area contributed by atoms with Crippen LogP contribution in [0.25, 0.3) is 0 Å². The van der Waals surface area contributed by atoms with Gasteiger partial charge in [-0.2, -0.15) is 0 Å². The van der Waals surface area contributed by atoms with Crippen molar-refractivity contribution in [1.29, 1.82) is 0 Å². The number of allylic oxidation sites excluding steroid dienone is 1. The van der Waals surface area contributed by atoms with Crippen LogP contribution >= 0.6 is 23.2 Å². The van der Waals surface area contributed by atoms with Gasteiger partial charge in [-0.05, 0) is 6.42 Å². The van der Waals surface area contributed by atoms with E-state index in [-0.39, 0.29) is 10.3 Å². The molecule has 0 aliphatic heterocycles. The Balaban J connectivity index is 3.22. The van der Waals surface area contributed by atoms with Crippen LogP contribution in [0, 0.1) is 0 Å². The van der Waals surface area contributed by atoms with Crippen LogP contribution in [0.5, 0.6) is 0 Å². The third-order valence-corrected chi connectivity index (χ3v) is 2.36. The molecule has 3 heteroatoms. The van der Waals surface area contributed by atoms with E-state index in [2.05, 4.69) is 6.92 Å². The molecule has 0 aliphatic carbocycles. The largest absolute Gasteiger partial charge is 0.209 e. The van der Waals surface area contributed by atoms with Gasteiger partial charge in [0.1, 0.15) is 10.3 Å². The highest BCUT2D eigenvalue weighted by Gasteiger charge is 2.00. The average molecular weight is 227 g/mol. The minimum atomic E-state index is -0.376. The lowest BCUT2D eigenvalue weighted by atomic mass is 10.1. The number of halogens is 3. The summed E-state index contributed by atoms with van der Waals surface area (Å²) in [6, 6.07) is 0. The Hall–Kier alpha value is 0.250. The molecular weight excluding hydrogens is 210 g/mol. The fraction of sp³-hybridized carbons (Fsp3) is 0.800. The van der Waals surface area contributed by atoms with Crippen molar-refractivity contribution in [2.75, 3.05) is 0 Å². The minimum absolute atomic E-state index is 0.214. The fourth-order valence-electron chi connectivity index (χ4n) is 1.16. The van der Waals surface area contributed by atoms with Crippen LogP contribution in [0.1, 0.15) is 51.9 Å². The number of unbranched alkanes of at least 4 members (excludes halogenated alkanes) is 5. The first kappa shape index (κ1) is 13.2.